The Bertz CT molecular complexity index is 379. The third-order valence-electron chi connectivity index (χ3n) is 2.46. The summed E-state index contributed by atoms with van der Waals surface area (Å²) in [5.41, 5.74) is 3.15. The van der Waals surface area contributed by atoms with Gasteiger partial charge in [0, 0.05) is 6.54 Å². The Kier molecular flexibility index (Phi) is 5.02. The van der Waals surface area contributed by atoms with Gasteiger partial charge in [0.05, 0.1) is 6.54 Å². The molecular weight excluding hydrogens is 243 g/mol. The van der Waals surface area contributed by atoms with Crippen LogP contribution in [0.15, 0.2) is 12.1 Å². The van der Waals surface area contributed by atoms with Gasteiger partial charge in [-0.25, -0.2) is 0 Å². The van der Waals surface area contributed by atoms with Crippen molar-refractivity contribution >= 4 is 0 Å². The molecule has 18 heavy (non-hydrogen) atoms. The van der Waals surface area contributed by atoms with Crippen molar-refractivity contribution in [3.63, 3.8) is 0 Å². The molecule has 5 heteroatoms. The number of hydrogen-bond acceptors (Lipinski definition) is 2. The molecule has 0 spiro atoms. The van der Waals surface area contributed by atoms with Crippen molar-refractivity contribution in [3.8, 4) is 5.75 Å². The zero-order chi connectivity index (χ0) is 13.8. The molecule has 0 aliphatic heterocycles. The summed E-state index contributed by atoms with van der Waals surface area (Å²) in [6.45, 7) is 5.26. The quantitative estimate of drug-likeness (QED) is 0.822. The average molecular weight is 261 g/mol. The molecule has 0 bridgehead atoms. The minimum atomic E-state index is -4.17. The van der Waals surface area contributed by atoms with Crippen LogP contribution in [-0.4, -0.2) is 25.9 Å². The smallest absolute Gasteiger partial charge is 0.401 e. The SMILES string of the molecule is Cc1cc(C)c(OCCNCC(F)(F)F)c(C)c1. The number of aryl methyl sites for hydroxylation is 3. The van der Waals surface area contributed by atoms with Gasteiger partial charge in [-0.05, 0) is 31.9 Å². The van der Waals surface area contributed by atoms with E-state index in [1.807, 2.05) is 32.9 Å². The van der Waals surface area contributed by atoms with Crippen LogP contribution in [0.3, 0.4) is 0 Å². The van der Waals surface area contributed by atoms with E-state index in [1.54, 1.807) is 0 Å². The average Bonchev–Trinajstić information content (AvgIpc) is 2.19. The summed E-state index contributed by atoms with van der Waals surface area (Å²) in [7, 11) is 0. The molecule has 1 N–H and O–H groups in total. The monoisotopic (exact) mass is 261 g/mol. The molecule has 0 aliphatic carbocycles. The van der Waals surface area contributed by atoms with Gasteiger partial charge in [0.15, 0.2) is 0 Å². The summed E-state index contributed by atoms with van der Waals surface area (Å²) in [6, 6.07) is 3.98. The molecule has 0 radical (unpaired) electrons. The molecule has 0 fully saturated rings. The predicted molar refractivity (Wildman–Crippen MR) is 65.1 cm³/mol. The number of rotatable bonds is 5. The highest BCUT2D eigenvalue weighted by Crippen LogP contribution is 2.24. The highest BCUT2D eigenvalue weighted by Gasteiger charge is 2.25. The Morgan fingerprint density at radius 2 is 1.67 bits per heavy atom. The van der Waals surface area contributed by atoms with Gasteiger partial charge in [-0.2, -0.15) is 13.2 Å². The molecule has 0 aliphatic rings. The van der Waals surface area contributed by atoms with Crippen molar-refractivity contribution < 1.29 is 17.9 Å². The maximum absolute atomic E-state index is 11.9. The lowest BCUT2D eigenvalue weighted by molar-refractivity contribution is -0.124. The number of benzene rings is 1. The van der Waals surface area contributed by atoms with Gasteiger partial charge in [-0.3, -0.25) is 0 Å². The molecule has 0 amide bonds. The molecule has 0 aromatic heterocycles. The van der Waals surface area contributed by atoms with E-state index in [1.165, 1.54) is 0 Å². The first-order valence-electron chi connectivity index (χ1n) is 5.78. The summed E-state index contributed by atoms with van der Waals surface area (Å²) in [4.78, 5) is 0. The summed E-state index contributed by atoms with van der Waals surface area (Å²) < 4.78 is 41.1. The summed E-state index contributed by atoms with van der Waals surface area (Å²) in [6.07, 6.45) is -4.17. The molecule has 2 nitrogen and oxygen atoms in total. The van der Waals surface area contributed by atoms with Crippen LogP contribution in [0.25, 0.3) is 0 Å². The van der Waals surface area contributed by atoms with E-state index in [0.29, 0.717) is 0 Å². The van der Waals surface area contributed by atoms with Crippen molar-refractivity contribution in [1.82, 2.24) is 5.32 Å². The van der Waals surface area contributed by atoms with Gasteiger partial charge in [-0.15, -0.1) is 0 Å². The van der Waals surface area contributed by atoms with Gasteiger partial charge in [-0.1, -0.05) is 17.7 Å². The number of ether oxygens (including phenoxy) is 1. The number of nitrogens with one attached hydrogen (secondary N) is 1. The topological polar surface area (TPSA) is 21.3 Å². The van der Waals surface area contributed by atoms with Crippen LogP contribution in [0, 0.1) is 20.8 Å². The standard InChI is InChI=1S/C13H18F3NO/c1-9-6-10(2)12(11(3)7-9)18-5-4-17-8-13(14,15)16/h6-7,17H,4-5,8H2,1-3H3. The van der Waals surface area contributed by atoms with E-state index >= 15 is 0 Å². The van der Waals surface area contributed by atoms with E-state index in [9.17, 15) is 13.2 Å². The zero-order valence-electron chi connectivity index (χ0n) is 10.8. The number of halogens is 3. The van der Waals surface area contributed by atoms with E-state index < -0.39 is 12.7 Å². The van der Waals surface area contributed by atoms with Crippen molar-refractivity contribution in [2.75, 3.05) is 19.7 Å². The normalized spacial score (nSPS) is 11.7. The Labute approximate surface area is 105 Å². The lowest BCUT2D eigenvalue weighted by Gasteiger charge is -2.14. The zero-order valence-corrected chi connectivity index (χ0v) is 10.8. The van der Waals surface area contributed by atoms with E-state index in [2.05, 4.69) is 5.32 Å². The second kappa shape index (κ2) is 6.09. The molecular formula is C13H18F3NO. The fourth-order valence-electron chi connectivity index (χ4n) is 1.85. The van der Waals surface area contributed by atoms with Crippen LogP contribution in [0.1, 0.15) is 16.7 Å². The van der Waals surface area contributed by atoms with Crippen molar-refractivity contribution in [2.24, 2.45) is 0 Å². The van der Waals surface area contributed by atoms with Crippen molar-refractivity contribution in [2.45, 2.75) is 26.9 Å². The highest BCUT2D eigenvalue weighted by atomic mass is 19.4. The minimum absolute atomic E-state index is 0.173. The number of alkyl halides is 3. The molecule has 0 heterocycles. The van der Waals surface area contributed by atoms with Crippen LogP contribution in [0.4, 0.5) is 13.2 Å². The first-order chi connectivity index (χ1) is 8.29. The summed E-state index contributed by atoms with van der Waals surface area (Å²) >= 11 is 0. The second-order valence-electron chi connectivity index (χ2n) is 4.37. The van der Waals surface area contributed by atoms with Crippen LogP contribution < -0.4 is 10.1 Å². The number of hydrogen-bond donors (Lipinski definition) is 1. The summed E-state index contributed by atoms with van der Waals surface area (Å²) in [5.74, 6) is 0.759. The fourth-order valence-corrected chi connectivity index (χ4v) is 1.85. The lowest BCUT2D eigenvalue weighted by Crippen LogP contribution is -2.31. The molecule has 1 aromatic carbocycles. The third-order valence-corrected chi connectivity index (χ3v) is 2.46. The van der Waals surface area contributed by atoms with Gasteiger partial charge in [0.1, 0.15) is 12.4 Å². The van der Waals surface area contributed by atoms with Gasteiger partial charge in [0.25, 0.3) is 0 Å². The third kappa shape index (κ3) is 4.96. The Morgan fingerprint density at radius 3 is 2.17 bits per heavy atom. The maximum Gasteiger partial charge on any atom is 0.401 e. The molecule has 102 valence electrons. The Balaban J connectivity index is 2.41. The van der Waals surface area contributed by atoms with Crippen LogP contribution in [0.2, 0.25) is 0 Å². The van der Waals surface area contributed by atoms with E-state index in [-0.39, 0.29) is 13.2 Å². The molecule has 0 saturated carbocycles. The minimum Gasteiger partial charge on any atom is -0.492 e. The lowest BCUT2D eigenvalue weighted by atomic mass is 10.1. The molecule has 0 unspecified atom stereocenters. The molecule has 1 aromatic rings. The summed E-state index contributed by atoms with van der Waals surface area (Å²) in [5, 5.41) is 2.30. The Hall–Kier alpha value is -1.23. The van der Waals surface area contributed by atoms with Crippen molar-refractivity contribution in [3.05, 3.63) is 28.8 Å². The van der Waals surface area contributed by atoms with Crippen LogP contribution in [0.5, 0.6) is 5.75 Å². The largest absolute Gasteiger partial charge is 0.492 e. The Morgan fingerprint density at radius 1 is 1.11 bits per heavy atom. The first-order valence-corrected chi connectivity index (χ1v) is 5.78. The van der Waals surface area contributed by atoms with Crippen LogP contribution in [-0.2, 0) is 0 Å². The van der Waals surface area contributed by atoms with E-state index in [4.69, 9.17) is 4.74 Å². The van der Waals surface area contributed by atoms with Crippen molar-refractivity contribution in [1.29, 1.82) is 0 Å². The van der Waals surface area contributed by atoms with Gasteiger partial charge < -0.3 is 10.1 Å². The maximum atomic E-state index is 11.9. The van der Waals surface area contributed by atoms with E-state index in [0.717, 1.165) is 22.4 Å². The molecule has 1 rings (SSSR count). The van der Waals surface area contributed by atoms with Gasteiger partial charge in [0.2, 0.25) is 0 Å². The molecule has 0 atom stereocenters. The molecule has 0 saturated heterocycles. The second-order valence-corrected chi connectivity index (χ2v) is 4.37. The van der Waals surface area contributed by atoms with Gasteiger partial charge >= 0.3 is 6.18 Å². The highest BCUT2D eigenvalue weighted by molar-refractivity contribution is 5.42. The van der Waals surface area contributed by atoms with Crippen LogP contribution >= 0.6 is 0 Å². The first kappa shape index (κ1) is 14.8. The fraction of sp³-hybridized carbons (Fsp3) is 0.538. The predicted octanol–water partition coefficient (Wildman–Crippen LogP) is 3.14.